The molecule has 6 nitrogen and oxygen atoms in total. The van der Waals surface area contributed by atoms with Gasteiger partial charge in [-0.25, -0.2) is 5.43 Å². The number of carbonyl (C=O) groups excluding carboxylic acids is 1. The molecule has 0 radical (unpaired) electrons. The number of nitrogens with one attached hydrogen (secondary N) is 2. The van der Waals surface area contributed by atoms with Gasteiger partial charge in [-0.1, -0.05) is 28.1 Å². The lowest BCUT2D eigenvalue weighted by molar-refractivity contribution is 0.0950. The molecule has 25 heavy (non-hydrogen) atoms. The molecule has 0 atom stereocenters. The maximum absolute atomic E-state index is 12.1. The molecular formula is C18H15BrN4O2. The largest absolute Gasteiger partial charge is 0.497 e. The van der Waals surface area contributed by atoms with Gasteiger partial charge < -0.3 is 4.74 Å². The van der Waals surface area contributed by atoms with Crippen molar-refractivity contribution in [2.75, 3.05) is 7.11 Å². The van der Waals surface area contributed by atoms with Gasteiger partial charge in [0.2, 0.25) is 0 Å². The molecule has 0 saturated heterocycles. The summed E-state index contributed by atoms with van der Waals surface area (Å²) >= 11 is 3.38. The number of amides is 1. The molecule has 0 aliphatic rings. The zero-order chi connectivity index (χ0) is 17.6. The molecule has 1 amide bonds. The molecule has 1 aromatic heterocycles. The second kappa shape index (κ2) is 7.76. The van der Waals surface area contributed by atoms with Crippen LogP contribution in [-0.2, 0) is 0 Å². The van der Waals surface area contributed by atoms with E-state index in [1.54, 1.807) is 19.4 Å². The number of hydrazone groups is 1. The number of hydrogen-bond donors (Lipinski definition) is 2. The minimum Gasteiger partial charge on any atom is -0.497 e. The lowest BCUT2D eigenvalue weighted by Gasteiger charge is -2.00. The van der Waals surface area contributed by atoms with Crippen molar-refractivity contribution >= 4 is 28.1 Å². The van der Waals surface area contributed by atoms with E-state index in [9.17, 15) is 4.79 Å². The zero-order valence-corrected chi connectivity index (χ0v) is 14.9. The van der Waals surface area contributed by atoms with E-state index in [0.29, 0.717) is 11.4 Å². The molecule has 0 saturated carbocycles. The lowest BCUT2D eigenvalue weighted by Crippen LogP contribution is -2.17. The molecule has 2 N–H and O–H groups in total. The second-order valence-corrected chi connectivity index (χ2v) is 6.07. The Balaban J connectivity index is 1.66. The van der Waals surface area contributed by atoms with Gasteiger partial charge in [-0.05, 0) is 48.0 Å². The Morgan fingerprint density at radius 2 is 2.04 bits per heavy atom. The maximum atomic E-state index is 12.1. The molecule has 0 fully saturated rings. The SMILES string of the molecule is COc1ccc(-c2cc(C(=O)NN=Cc3cccc(Br)c3)[nH]n2)cc1. The van der Waals surface area contributed by atoms with Crippen molar-refractivity contribution in [1.82, 2.24) is 15.6 Å². The monoisotopic (exact) mass is 398 g/mol. The highest BCUT2D eigenvalue weighted by Gasteiger charge is 2.10. The van der Waals surface area contributed by atoms with E-state index >= 15 is 0 Å². The molecule has 0 unspecified atom stereocenters. The van der Waals surface area contributed by atoms with Crippen molar-refractivity contribution in [2.24, 2.45) is 5.10 Å². The number of aromatic amines is 1. The Bertz CT molecular complexity index is 903. The third-order valence-electron chi connectivity index (χ3n) is 3.44. The first-order valence-electron chi connectivity index (χ1n) is 7.44. The number of aromatic nitrogens is 2. The first-order chi connectivity index (χ1) is 12.2. The quantitative estimate of drug-likeness (QED) is 0.508. The number of ether oxygens (including phenoxy) is 1. The van der Waals surface area contributed by atoms with Gasteiger partial charge in [0.15, 0.2) is 0 Å². The topological polar surface area (TPSA) is 79.4 Å². The van der Waals surface area contributed by atoms with E-state index in [2.05, 4.69) is 36.7 Å². The van der Waals surface area contributed by atoms with Crippen molar-refractivity contribution in [3.8, 4) is 17.0 Å². The van der Waals surface area contributed by atoms with Crippen LogP contribution in [0.2, 0.25) is 0 Å². The van der Waals surface area contributed by atoms with Crippen LogP contribution < -0.4 is 10.2 Å². The van der Waals surface area contributed by atoms with Crippen LogP contribution in [-0.4, -0.2) is 29.4 Å². The number of carbonyl (C=O) groups is 1. The fourth-order valence-electron chi connectivity index (χ4n) is 2.16. The van der Waals surface area contributed by atoms with E-state index in [-0.39, 0.29) is 5.91 Å². The first-order valence-corrected chi connectivity index (χ1v) is 8.24. The Labute approximate surface area is 153 Å². The number of benzene rings is 2. The summed E-state index contributed by atoms with van der Waals surface area (Å²) in [4.78, 5) is 12.1. The number of nitrogens with zero attached hydrogens (tertiary/aromatic N) is 2. The van der Waals surface area contributed by atoms with Crippen LogP contribution in [0.5, 0.6) is 5.75 Å². The Morgan fingerprint density at radius 1 is 1.24 bits per heavy atom. The average molecular weight is 399 g/mol. The van der Waals surface area contributed by atoms with Crippen molar-refractivity contribution in [3.05, 3.63) is 70.3 Å². The first kappa shape index (κ1) is 16.9. The minimum absolute atomic E-state index is 0.331. The summed E-state index contributed by atoms with van der Waals surface area (Å²) in [5, 5.41) is 10.8. The summed E-state index contributed by atoms with van der Waals surface area (Å²) in [6, 6.07) is 16.7. The van der Waals surface area contributed by atoms with Crippen LogP contribution in [0.3, 0.4) is 0 Å². The molecule has 7 heteroatoms. The summed E-state index contributed by atoms with van der Waals surface area (Å²) in [7, 11) is 1.61. The predicted molar refractivity (Wildman–Crippen MR) is 99.8 cm³/mol. The molecule has 126 valence electrons. The third-order valence-corrected chi connectivity index (χ3v) is 3.93. The highest BCUT2D eigenvalue weighted by atomic mass is 79.9. The number of rotatable bonds is 5. The summed E-state index contributed by atoms with van der Waals surface area (Å²) in [5.41, 5.74) is 5.23. The normalized spacial score (nSPS) is 10.8. The molecular weight excluding hydrogens is 384 g/mol. The van der Waals surface area contributed by atoms with Gasteiger partial charge in [-0.15, -0.1) is 0 Å². The number of methoxy groups -OCH3 is 1. The number of hydrogen-bond acceptors (Lipinski definition) is 4. The highest BCUT2D eigenvalue weighted by molar-refractivity contribution is 9.10. The van der Waals surface area contributed by atoms with Gasteiger partial charge >= 0.3 is 0 Å². The Hall–Kier alpha value is -2.93. The van der Waals surface area contributed by atoms with Crippen molar-refractivity contribution in [2.45, 2.75) is 0 Å². The number of H-pyrrole nitrogens is 1. The maximum Gasteiger partial charge on any atom is 0.289 e. The van der Waals surface area contributed by atoms with Crippen molar-refractivity contribution in [1.29, 1.82) is 0 Å². The van der Waals surface area contributed by atoms with Crippen molar-refractivity contribution in [3.63, 3.8) is 0 Å². The van der Waals surface area contributed by atoms with Gasteiger partial charge in [-0.3, -0.25) is 9.89 Å². The minimum atomic E-state index is -0.362. The zero-order valence-electron chi connectivity index (χ0n) is 13.4. The summed E-state index contributed by atoms with van der Waals surface area (Å²) in [5.74, 6) is 0.401. The van der Waals surface area contributed by atoms with Crippen LogP contribution in [0.25, 0.3) is 11.3 Å². The van der Waals surface area contributed by atoms with Crippen LogP contribution in [0.4, 0.5) is 0 Å². The van der Waals surface area contributed by atoms with E-state index < -0.39 is 0 Å². The van der Waals surface area contributed by atoms with Crippen LogP contribution in [0.1, 0.15) is 16.1 Å². The van der Waals surface area contributed by atoms with E-state index in [1.807, 2.05) is 48.5 Å². The third kappa shape index (κ3) is 4.33. The molecule has 0 aliphatic carbocycles. The van der Waals surface area contributed by atoms with Crippen LogP contribution >= 0.6 is 15.9 Å². The summed E-state index contributed by atoms with van der Waals surface area (Å²) in [6.07, 6.45) is 1.57. The van der Waals surface area contributed by atoms with Gasteiger partial charge in [0, 0.05) is 10.0 Å². The van der Waals surface area contributed by atoms with Crippen molar-refractivity contribution < 1.29 is 9.53 Å². The van der Waals surface area contributed by atoms with Crippen LogP contribution in [0.15, 0.2) is 64.2 Å². The smallest absolute Gasteiger partial charge is 0.289 e. The molecule has 3 rings (SSSR count). The Morgan fingerprint density at radius 3 is 2.76 bits per heavy atom. The fraction of sp³-hybridized carbons (Fsp3) is 0.0556. The fourth-order valence-corrected chi connectivity index (χ4v) is 2.58. The summed E-state index contributed by atoms with van der Waals surface area (Å²) < 4.78 is 6.07. The predicted octanol–water partition coefficient (Wildman–Crippen LogP) is 3.61. The van der Waals surface area contributed by atoms with E-state index in [4.69, 9.17) is 4.74 Å². The standard InChI is InChI=1S/C18H15BrN4O2/c1-25-15-7-5-13(6-8-15)16-10-17(22-21-16)18(24)23-20-11-12-3-2-4-14(19)9-12/h2-11H,1H3,(H,21,22)(H,23,24). The van der Waals surface area contributed by atoms with E-state index in [0.717, 1.165) is 21.3 Å². The summed E-state index contributed by atoms with van der Waals surface area (Å²) in [6.45, 7) is 0. The Kier molecular flexibility index (Phi) is 5.25. The lowest BCUT2D eigenvalue weighted by atomic mass is 10.1. The van der Waals surface area contributed by atoms with Gasteiger partial charge in [-0.2, -0.15) is 10.2 Å². The number of halogens is 1. The van der Waals surface area contributed by atoms with Gasteiger partial charge in [0.1, 0.15) is 11.4 Å². The second-order valence-electron chi connectivity index (χ2n) is 5.15. The highest BCUT2D eigenvalue weighted by Crippen LogP contribution is 2.21. The molecule has 3 aromatic rings. The van der Waals surface area contributed by atoms with Gasteiger partial charge in [0.05, 0.1) is 19.0 Å². The van der Waals surface area contributed by atoms with E-state index in [1.165, 1.54) is 0 Å². The average Bonchev–Trinajstić information content (AvgIpc) is 3.12. The molecule has 0 aliphatic heterocycles. The molecule has 2 aromatic carbocycles. The molecule has 0 bridgehead atoms. The molecule has 0 spiro atoms. The van der Waals surface area contributed by atoms with Gasteiger partial charge in [0.25, 0.3) is 5.91 Å². The molecule has 1 heterocycles. The van der Waals surface area contributed by atoms with Crippen LogP contribution in [0, 0.1) is 0 Å².